The van der Waals surface area contributed by atoms with Gasteiger partial charge in [-0.3, -0.25) is 4.79 Å². The lowest BCUT2D eigenvalue weighted by Crippen LogP contribution is -2.36. The number of carbonyl (C=O) groups is 2. The van der Waals surface area contributed by atoms with Crippen molar-refractivity contribution in [1.82, 2.24) is 10.6 Å². The summed E-state index contributed by atoms with van der Waals surface area (Å²) in [5.41, 5.74) is 0.962. The lowest BCUT2D eigenvalue weighted by atomic mass is 10.2. The van der Waals surface area contributed by atoms with Gasteiger partial charge in [0.2, 0.25) is 0 Å². The second kappa shape index (κ2) is 9.15. The van der Waals surface area contributed by atoms with Crippen molar-refractivity contribution in [3.05, 3.63) is 58.1 Å². The number of ether oxygens (including phenoxy) is 1. The predicted octanol–water partition coefficient (Wildman–Crippen LogP) is 3.55. The van der Waals surface area contributed by atoms with Crippen LogP contribution in [-0.2, 0) is 0 Å². The second-order valence-electron chi connectivity index (χ2n) is 4.99. The first kappa shape index (κ1) is 18.9. The summed E-state index contributed by atoms with van der Waals surface area (Å²) in [6, 6.07) is 11.1. The summed E-state index contributed by atoms with van der Waals surface area (Å²) in [6.45, 7) is 0.547. The Labute approximate surface area is 155 Å². The molecule has 25 heavy (non-hydrogen) atoms. The minimum absolute atomic E-state index is 0.231. The minimum Gasteiger partial charge on any atom is -0.497 e. The van der Waals surface area contributed by atoms with Crippen LogP contribution < -0.4 is 20.7 Å². The zero-order valence-electron chi connectivity index (χ0n) is 13.4. The van der Waals surface area contributed by atoms with E-state index in [0.717, 1.165) is 0 Å². The van der Waals surface area contributed by atoms with Gasteiger partial charge in [-0.05, 0) is 42.5 Å². The molecule has 0 radical (unpaired) electrons. The molecule has 3 N–H and O–H groups in total. The van der Waals surface area contributed by atoms with Gasteiger partial charge in [-0.1, -0.05) is 23.2 Å². The van der Waals surface area contributed by atoms with E-state index in [2.05, 4.69) is 16.0 Å². The van der Waals surface area contributed by atoms with Gasteiger partial charge in [-0.25, -0.2) is 4.79 Å². The van der Waals surface area contributed by atoms with E-state index in [0.29, 0.717) is 27.0 Å². The number of carbonyl (C=O) groups excluding carboxylic acids is 2. The number of benzene rings is 2. The molecule has 132 valence electrons. The van der Waals surface area contributed by atoms with E-state index in [1.807, 2.05) is 0 Å². The Hall–Kier alpha value is -2.44. The molecular formula is C17H17Cl2N3O3. The molecule has 6 nitrogen and oxygen atoms in total. The Morgan fingerprint density at radius 1 is 1.00 bits per heavy atom. The maximum atomic E-state index is 11.9. The van der Waals surface area contributed by atoms with Crippen LogP contribution in [0.4, 0.5) is 10.5 Å². The van der Waals surface area contributed by atoms with Gasteiger partial charge in [0.05, 0.1) is 17.8 Å². The lowest BCUT2D eigenvalue weighted by molar-refractivity contribution is 0.0954. The summed E-state index contributed by atoms with van der Waals surface area (Å²) < 4.78 is 5.03. The van der Waals surface area contributed by atoms with Crippen LogP contribution in [0.3, 0.4) is 0 Å². The average molecular weight is 382 g/mol. The maximum Gasteiger partial charge on any atom is 0.319 e. The topological polar surface area (TPSA) is 79.5 Å². The molecule has 0 atom stereocenters. The molecular weight excluding hydrogens is 365 g/mol. The van der Waals surface area contributed by atoms with E-state index in [1.165, 1.54) is 6.07 Å². The molecule has 0 aliphatic carbocycles. The lowest BCUT2D eigenvalue weighted by Gasteiger charge is -2.10. The Bertz CT molecular complexity index is 751. The van der Waals surface area contributed by atoms with E-state index < -0.39 is 6.03 Å². The third-order valence-electron chi connectivity index (χ3n) is 3.23. The predicted molar refractivity (Wildman–Crippen MR) is 98.8 cm³/mol. The number of amides is 3. The van der Waals surface area contributed by atoms with E-state index in [-0.39, 0.29) is 19.0 Å². The van der Waals surface area contributed by atoms with Crippen LogP contribution in [0.1, 0.15) is 10.4 Å². The van der Waals surface area contributed by atoms with Gasteiger partial charge in [0.1, 0.15) is 5.75 Å². The van der Waals surface area contributed by atoms with Crippen LogP contribution in [0.15, 0.2) is 42.5 Å². The van der Waals surface area contributed by atoms with Crippen LogP contribution in [0.25, 0.3) is 0 Å². The van der Waals surface area contributed by atoms with Gasteiger partial charge in [0, 0.05) is 23.7 Å². The Morgan fingerprint density at radius 3 is 2.32 bits per heavy atom. The van der Waals surface area contributed by atoms with Crippen molar-refractivity contribution >= 4 is 40.8 Å². The first-order valence-corrected chi connectivity index (χ1v) is 8.17. The van der Waals surface area contributed by atoms with Crippen LogP contribution >= 0.6 is 23.2 Å². The van der Waals surface area contributed by atoms with Crippen LogP contribution in [0.5, 0.6) is 5.75 Å². The van der Waals surface area contributed by atoms with Gasteiger partial charge >= 0.3 is 6.03 Å². The number of nitrogens with one attached hydrogen (secondary N) is 3. The minimum atomic E-state index is -0.428. The molecule has 0 bridgehead atoms. The standard InChI is InChI=1S/C17H17Cl2N3O3/c1-25-13-5-2-11(3-6-13)16(23)20-8-9-21-17(24)22-15-7-4-12(18)10-14(15)19/h2-7,10H,8-9H2,1H3,(H,20,23)(H2,21,22,24). The molecule has 0 aromatic heterocycles. The van der Waals surface area contributed by atoms with Gasteiger partial charge in [0.25, 0.3) is 5.91 Å². The molecule has 0 heterocycles. The van der Waals surface area contributed by atoms with Crippen molar-refractivity contribution in [3.63, 3.8) is 0 Å². The molecule has 2 aromatic carbocycles. The largest absolute Gasteiger partial charge is 0.497 e. The van der Waals surface area contributed by atoms with Crippen molar-refractivity contribution in [2.75, 3.05) is 25.5 Å². The fraction of sp³-hybridized carbons (Fsp3) is 0.176. The highest BCUT2D eigenvalue weighted by Gasteiger charge is 2.07. The normalized spacial score (nSPS) is 10.0. The molecule has 8 heteroatoms. The Morgan fingerprint density at radius 2 is 1.68 bits per heavy atom. The van der Waals surface area contributed by atoms with E-state index in [1.54, 1.807) is 43.5 Å². The number of methoxy groups -OCH3 is 1. The van der Waals surface area contributed by atoms with Crippen molar-refractivity contribution in [1.29, 1.82) is 0 Å². The average Bonchev–Trinajstić information content (AvgIpc) is 2.61. The third-order valence-corrected chi connectivity index (χ3v) is 3.78. The summed E-state index contributed by atoms with van der Waals surface area (Å²) in [7, 11) is 1.56. The molecule has 0 spiro atoms. The zero-order valence-corrected chi connectivity index (χ0v) is 14.9. The van der Waals surface area contributed by atoms with Crippen molar-refractivity contribution in [2.45, 2.75) is 0 Å². The molecule has 0 saturated heterocycles. The first-order valence-electron chi connectivity index (χ1n) is 7.42. The SMILES string of the molecule is COc1ccc(C(=O)NCCNC(=O)Nc2ccc(Cl)cc2Cl)cc1. The number of rotatable bonds is 6. The highest BCUT2D eigenvalue weighted by atomic mass is 35.5. The van der Waals surface area contributed by atoms with Crippen molar-refractivity contribution in [2.24, 2.45) is 0 Å². The van der Waals surface area contributed by atoms with E-state index in [4.69, 9.17) is 27.9 Å². The first-order chi connectivity index (χ1) is 12.0. The highest BCUT2D eigenvalue weighted by molar-refractivity contribution is 6.36. The van der Waals surface area contributed by atoms with Crippen LogP contribution in [0.2, 0.25) is 10.0 Å². The molecule has 0 saturated carbocycles. The smallest absolute Gasteiger partial charge is 0.319 e. The van der Waals surface area contributed by atoms with Crippen LogP contribution in [0, 0.1) is 0 Å². The summed E-state index contributed by atoms with van der Waals surface area (Å²) in [6.07, 6.45) is 0. The fourth-order valence-corrected chi connectivity index (χ4v) is 2.41. The summed E-state index contributed by atoms with van der Waals surface area (Å²) in [4.78, 5) is 23.7. The summed E-state index contributed by atoms with van der Waals surface area (Å²) >= 11 is 11.8. The number of halogens is 2. The number of anilines is 1. The quantitative estimate of drug-likeness (QED) is 0.669. The highest BCUT2D eigenvalue weighted by Crippen LogP contribution is 2.25. The van der Waals surface area contributed by atoms with Gasteiger partial charge in [-0.15, -0.1) is 0 Å². The molecule has 2 rings (SSSR count). The van der Waals surface area contributed by atoms with Crippen molar-refractivity contribution in [3.8, 4) is 5.75 Å². The summed E-state index contributed by atoms with van der Waals surface area (Å²) in [5.74, 6) is 0.446. The zero-order chi connectivity index (χ0) is 18.2. The van der Waals surface area contributed by atoms with E-state index in [9.17, 15) is 9.59 Å². The number of hydrogen-bond donors (Lipinski definition) is 3. The number of hydrogen-bond acceptors (Lipinski definition) is 3. The summed E-state index contributed by atoms with van der Waals surface area (Å²) in [5, 5.41) is 8.76. The molecule has 0 unspecified atom stereocenters. The third kappa shape index (κ3) is 5.85. The second-order valence-corrected chi connectivity index (χ2v) is 5.83. The fourth-order valence-electron chi connectivity index (χ4n) is 1.95. The van der Waals surface area contributed by atoms with Gasteiger partial charge in [-0.2, -0.15) is 0 Å². The van der Waals surface area contributed by atoms with Crippen LogP contribution in [-0.4, -0.2) is 32.1 Å². The van der Waals surface area contributed by atoms with E-state index >= 15 is 0 Å². The maximum absolute atomic E-state index is 11.9. The molecule has 0 fully saturated rings. The molecule has 0 aliphatic heterocycles. The Kier molecular flexibility index (Phi) is 6.91. The molecule has 3 amide bonds. The number of urea groups is 1. The van der Waals surface area contributed by atoms with Gasteiger partial charge < -0.3 is 20.7 Å². The van der Waals surface area contributed by atoms with Crippen molar-refractivity contribution < 1.29 is 14.3 Å². The molecule has 0 aliphatic rings. The monoisotopic (exact) mass is 381 g/mol. The molecule has 2 aromatic rings. The Balaban J connectivity index is 1.72. The van der Waals surface area contributed by atoms with Gasteiger partial charge in [0.15, 0.2) is 0 Å².